The fourth-order valence-electron chi connectivity index (χ4n) is 5.73. The lowest BCUT2D eigenvalue weighted by Crippen LogP contribution is -2.36. The molecule has 5 atom stereocenters. The summed E-state index contributed by atoms with van der Waals surface area (Å²) in [4.78, 5) is 11.8. The third kappa shape index (κ3) is 2.15. The second-order valence-electron chi connectivity index (χ2n) is 7.65. The Morgan fingerprint density at radius 3 is 2.60 bits per heavy atom. The summed E-state index contributed by atoms with van der Waals surface area (Å²) in [6.45, 7) is 0. The van der Waals surface area contributed by atoms with Crippen LogP contribution in [-0.4, -0.2) is 11.1 Å². The van der Waals surface area contributed by atoms with Crippen LogP contribution in [0.5, 0.6) is 0 Å². The van der Waals surface area contributed by atoms with E-state index >= 15 is 0 Å². The van der Waals surface area contributed by atoms with E-state index in [1.54, 1.807) is 6.07 Å². The summed E-state index contributed by atoms with van der Waals surface area (Å²) in [6.07, 6.45) is 3.80. The lowest BCUT2D eigenvalue weighted by atomic mass is 9.67. The molecule has 25 heavy (non-hydrogen) atoms. The Balaban J connectivity index is 1.70. The van der Waals surface area contributed by atoms with Crippen molar-refractivity contribution in [1.82, 2.24) is 0 Å². The molecule has 2 bridgehead atoms. The molecule has 5 rings (SSSR count). The van der Waals surface area contributed by atoms with Crippen LogP contribution in [0.4, 0.5) is 5.69 Å². The fourth-order valence-corrected chi connectivity index (χ4v) is 5.98. The SMILES string of the molecule is O=C(O)c1cccc2c1N[C@@H](c1ccccc1Cl)[C@@H]1[C@H]3CC[C@@H](C3)[C@H]21. The summed E-state index contributed by atoms with van der Waals surface area (Å²) in [5.41, 5.74) is 3.46. The van der Waals surface area contributed by atoms with Crippen molar-refractivity contribution >= 4 is 23.3 Å². The molecule has 2 saturated carbocycles. The maximum absolute atomic E-state index is 11.8. The van der Waals surface area contributed by atoms with Crippen molar-refractivity contribution in [1.29, 1.82) is 0 Å². The fraction of sp³-hybridized carbons (Fsp3) is 0.381. The van der Waals surface area contributed by atoms with Gasteiger partial charge in [-0.3, -0.25) is 0 Å². The first kappa shape index (κ1) is 15.3. The molecule has 1 heterocycles. The highest BCUT2D eigenvalue weighted by Gasteiger charge is 2.54. The Bertz CT molecular complexity index is 865. The monoisotopic (exact) mass is 353 g/mol. The van der Waals surface area contributed by atoms with Crippen molar-refractivity contribution in [3.05, 3.63) is 64.2 Å². The quantitative estimate of drug-likeness (QED) is 0.766. The van der Waals surface area contributed by atoms with Gasteiger partial charge in [0.1, 0.15) is 0 Å². The van der Waals surface area contributed by atoms with Crippen LogP contribution in [0.1, 0.15) is 52.7 Å². The Morgan fingerprint density at radius 1 is 1.04 bits per heavy atom. The van der Waals surface area contributed by atoms with E-state index in [1.165, 1.54) is 24.8 Å². The van der Waals surface area contributed by atoms with Crippen molar-refractivity contribution in [2.75, 3.05) is 5.32 Å². The third-order valence-electron chi connectivity index (χ3n) is 6.59. The highest BCUT2D eigenvalue weighted by Crippen LogP contribution is 2.64. The van der Waals surface area contributed by atoms with Gasteiger partial charge in [0.15, 0.2) is 0 Å². The minimum atomic E-state index is -0.871. The summed E-state index contributed by atoms with van der Waals surface area (Å²) < 4.78 is 0. The normalized spacial score (nSPS) is 32.0. The zero-order valence-electron chi connectivity index (χ0n) is 13.8. The summed E-state index contributed by atoms with van der Waals surface area (Å²) >= 11 is 6.52. The Morgan fingerprint density at radius 2 is 1.80 bits per heavy atom. The van der Waals surface area contributed by atoms with Crippen LogP contribution in [0.2, 0.25) is 5.02 Å². The topological polar surface area (TPSA) is 49.3 Å². The van der Waals surface area contributed by atoms with E-state index in [0.29, 0.717) is 29.2 Å². The lowest BCUT2D eigenvalue weighted by Gasteiger charge is -2.44. The third-order valence-corrected chi connectivity index (χ3v) is 6.94. The molecular formula is C21H20ClNO2. The van der Waals surface area contributed by atoms with Gasteiger partial charge in [-0.15, -0.1) is 0 Å². The highest BCUT2D eigenvalue weighted by molar-refractivity contribution is 6.31. The first-order valence-electron chi connectivity index (χ1n) is 9.02. The molecule has 0 radical (unpaired) electrons. The van der Waals surface area contributed by atoms with Gasteiger partial charge in [-0.2, -0.15) is 0 Å². The summed E-state index contributed by atoms with van der Waals surface area (Å²) in [7, 11) is 0. The number of rotatable bonds is 2. The van der Waals surface area contributed by atoms with Crippen LogP contribution in [0.15, 0.2) is 42.5 Å². The number of benzene rings is 2. The van der Waals surface area contributed by atoms with Crippen LogP contribution in [-0.2, 0) is 0 Å². The number of hydrogen-bond acceptors (Lipinski definition) is 2. The van der Waals surface area contributed by atoms with E-state index in [4.69, 9.17) is 11.6 Å². The number of halogens is 1. The standard InChI is InChI=1S/C21H20ClNO2/c22-16-7-2-1-4-13(16)20-18-12-9-8-11(10-12)17(18)14-5-3-6-15(21(24)25)19(14)23-20/h1-7,11-12,17-18,20,23H,8-10H2,(H,24,25)/t11-,12-,17+,18+,20-/m0/s1. The average molecular weight is 354 g/mol. The number of carboxylic acid groups (broad SMARTS) is 1. The first-order valence-corrected chi connectivity index (χ1v) is 9.40. The molecule has 0 saturated heterocycles. The first-order chi connectivity index (χ1) is 12.1. The molecule has 0 unspecified atom stereocenters. The van der Waals surface area contributed by atoms with Crippen molar-refractivity contribution in [2.45, 2.75) is 31.2 Å². The summed E-state index contributed by atoms with van der Waals surface area (Å²) in [6, 6.07) is 13.8. The van der Waals surface area contributed by atoms with E-state index in [2.05, 4.69) is 17.4 Å². The van der Waals surface area contributed by atoms with Gasteiger partial charge < -0.3 is 10.4 Å². The second-order valence-corrected chi connectivity index (χ2v) is 8.06. The number of para-hydroxylation sites is 1. The van der Waals surface area contributed by atoms with Crippen molar-refractivity contribution in [3.8, 4) is 0 Å². The molecule has 2 aromatic rings. The van der Waals surface area contributed by atoms with E-state index in [0.717, 1.165) is 16.3 Å². The predicted molar refractivity (Wildman–Crippen MR) is 98.3 cm³/mol. The van der Waals surface area contributed by atoms with Crippen LogP contribution in [0.25, 0.3) is 0 Å². The minimum absolute atomic E-state index is 0.0852. The maximum Gasteiger partial charge on any atom is 0.337 e. The van der Waals surface area contributed by atoms with E-state index in [9.17, 15) is 9.90 Å². The van der Waals surface area contributed by atoms with Crippen LogP contribution < -0.4 is 5.32 Å². The Kier molecular flexibility index (Phi) is 3.36. The molecule has 0 aromatic heterocycles. The molecule has 0 amide bonds. The van der Waals surface area contributed by atoms with Crippen LogP contribution in [0.3, 0.4) is 0 Å². The molecular weight excluding hydrogens is 334 g/mol. The van der Waals surface area contributed by atoms with E-state index in [1.807, 2.05) is 24.3 Å². The van der Waals surface area contributed by atoms with Gasteiger partial charge >= 0.3 is 5.97 Å². The molecule has 2 N–H and O–H groups in total. The van der Waals surface area contributed by atoms with E-state index in [-0.39, 0.29) is 6.04 Å². The second kappa shape index (κ2) is 5.50. The molecule has 3 aliphatic rings. The van der Waals surface area contributed by atoms with Crippen molar-refractivity contribution in [3.63, 3.8) is 0 Å². The zero-order chi connectivity index (χ0) is 17.1. The van der Waals surface area contributed by atoms with Crippen molar-refractivity contribution < 1.29 is 9.90 Å². The zero-order valence-corrected chi connectivity index (χ0v) is 14.5. The number of fused-ring (bicyclic) bond motifs is 7. The molecule has 2 aromatic carbocycles. The van der Waals surface area contributed by atoms with Crippen LogP contribution >= 0.6 is 11.6 Å². The van der Waals surface area contributed by atoms with Gasteiger partial charge in [0.25, 0.3) is 0 Å². The average Bonchev–Trinajstić information content (AvgIpc) is 3.23. The van der Waals surface area contributed by atoms with Gasteiger partial charge in [-0.1, -0.05) is 41.9 Å². The maximum atomic E-state index is 11.8. The van der Waals surface area contributed by atoms with Gasteiger partial charge in [0.2, 0.25) is 0 Å². The van der Waals surface area contributed by atoms with E-state index < -0.39 is 5.97 Å². The molecule has 2 aliphatic carbocycles. The van der Waals surface area contributed by atoms with Crippen molar-refractivity contribution in [2.24, 2.45) is 17.8 Å². The van der Waals surface area contributed by atoms with Gasteiger partial charge in [0, 0.05) is 5.02 Å². The molecule has 0 spiro atoms. The predicted octanol–water partition coefficient (Wildman–Crippen LogP) is 5.33. The number of carbonyl (C=O) groups is 1. The van der Waals surface area contributed by atoms with Gasteiger partial charge in [-0.05, 0) is 66.2 Å². The Hall–Kier alpha value is -2.00. The van der Waals surface area contributed by atoms with Crippen LogP contribution in [0, 0.1) is 17.8 Å². The summed E-state index contributed by atoms with van der Waals surface area (Å²) in [5, 5.41) is 14.0. The molecule has 128 valence electrons. The number of aromatic carboxylic acids is 1. The molecule has 2 fully saturated rings. The number of nitrogens with one attached hydrogen (secondary N) is 1. The molecule has 3 nitrogen and oxygen atoms in total. The highest BCUT2D eigenvalue weighted by atomic mass is 35.5. The minimum Gasteiger partial charge on any atom is -0.478 e. The Labute approximate surface area is 152 Å². The smallest absolute Gasteiger partial charge is 0.337 e. The lowest BCUT2D eigenvalue weighted by molar-refractivity contribution is 0.0697. The number of hydrogen-bond donors (Lipinski definition) is 2. The number of carboxylic acids is 1. The van der Waals surface area contributed by atoms with Gasteiger partial charge in [-0.25, -0.2) is 4.79 Å². The molecule has 1 aliphatic heterocycles. The molecule has 4 heteroatoms. The largest absolute Gasteiger partial charge is 0.478 e. The summed E-state index contributed by atoms with van der Waals surface area (Å²) in [5.74, 6) is 1.44. The number of anilines is 1. The van der Waals surface area contributed by atoms with Gasteiger partial charge in [0.05, 0.1) is 17.3 Å².